The Morgan fingerprint density at radius 3 is 2.81 bits per heavy atom. The van der Waals surface area contributed by atoms with Crippen LogP contribution in [-0.4, -0.2) is 20.9 Å². The zero-order valence-corrected chi connectivity index (χ0v) is 12.2. The molecule has 0 fully saturated rings. The predicted octanol–water partition coefficient (Wildman–Crippen LogP) is 2.88. The second-order valence-electron chi connectivity index (χ2n) is 4.29. The standard InChI is InChI=1S/C13H13N3O4S/c1-3-10-7(2)21-13(14-10)15-12(18)9-6-8(17)4-5-11(9)16(19)20/h4-6,17H,3H2,1-2H3,(H,14,15,18). The van der Waals surface area contributed by atoms with Gasteiger partial charge >= 0.3 is 0 Å². The van der Waals surface area contributed by atoms with Crippen LogP contribution in [0.1, 0.15) is 27.9 Å². The molecule has 0 atom stereocenters. The molecule has 0 saturated heterocycles. The van der Waals surface area contributed by atoms with Crippen LogP contribution in [0.4, 0.5) is 10.8 Å². The van der Waals surface area contributed by atoms with E-state index < -0.39 is 10.8 Å². The number of hydrogen-bond donors (Lipinski definition) is 2. The summed E-state index contributed by atoms with van der Waals surface area (Å²) in [7, 11) is 0. The largest absolute Gasteiger partial charge is 0.508 e. The van der Waals surface area contributed by atoms with E-state index in [0.29, 0.717) is 5.13 Å². The highest BCUT2D eigenvalue weighted by Gasteiger charge is 2.22. The molecule has 1 aromatic carbocycles. The van der Waals surface area contributed by atoms with Crippen molar-refractivity contribution in [2.45, 2.75) is 20.3 Å². The molecule has 8 heteroatoms. The molecule has 0 aliphatic rings. The SMILES string of the molecule is CCc1nc(NC(=O)c2cc(O)ccc2[N+](=O)[O-])sc1C. The van der Waals surface area contributed by atoms with Crippen molar-refractivity contribution in [2.75, 3.05) is 5.32 Å². The fraction of sp³-hybridized carbons (Fsp3) is 0.231. The number of rotatable bonds is 4. The number of phenolic OH excluding ortho intramolecular Hbond substituents is 1. The summed E-state index contributed by atoms with van der Waals surface area (Å²) in [5, 5.41) is 23.2. The van der Waals surface area contributed by atoms with Crippen LogP contribution >= 0.6 is 11.3 Å². The molecule has 7 nitrogen and oxygen atoms in total. The van der Waals surface area contributed by atoms with Crippen LogP contribution < -0.4 is 5.32 Å². The lowest BCUT2D eigenvalue weighted by molar-refractivity contribution is -0.385. The predicted molar refractivity (Wildman–Crippen MR) is 78.9 cm³/mol. The first-order valence-electron chi connectivity index (χ1n) is 6.17. The zero-order chi connectivity index (χ0) is 15.6. The van der Waals surface area contributed by atoms with E-state index in [4.69, 9.17) is 0 Å². The Morgan fingerprint density at radius 2 is 2.24 bits per heavy atom. The van der Waals surface area contributed by atoms with Gasteiger partial charge in [-0.15, -0.1) is 11.3 Å². The van der Waals surface area contributed by atoms with E-state index in [-0.39, 0.29) is 17.0 Å². The van der Waals surface area contributed by atoms with Gasteiger partial charge in [-0.25, -0.2) is 4.98 Å². The number of benzene rings is 1. The van der Waals surface area contributed by atoms with Crippen molar-refractivity contribution in [3.63, 3.8) is 0 Å². The lowest BCUT2D eigenvalue weighted by atomic mass is 10.1. The van der Waals surface area contributed by atoms with Gasteiger partial charge in [-0.1, -0.05) is 6.92 Å². The number of amides is 1. The average molecular weight is 307 g/mol. The number of nitro groups is 1. The Bertz CT molecular complexity index is 711. The highest BCUT2D eigenvalue weighted by molar-refractivity contribution is 7.15. The van der Waals surface area contributed by atoms with Crippen molar-refractivity contribution in [1.82, 2.24) is 4.98 Å². The van der Waals surface area contributed by atoms with Gasteiger partial charge in [0.15, 0.2) is 5.13 Å². The first kappa shape index (κ1) is 14.9. The Balaban J connectivity index is 2.31. The summed E-state index contributed by atoms with van der Waals surface area (Å²) < 4.78 is 0. The van der Waals surface area contributed by atoms with Gasteiger partial charge in [0, 0.05) is 10.9 Å². The molecule has 0 radical (unpaired) electrons. The number of thiazole rings is 1. The summed E-state index contributed by atoms with van der Waals surface area (Å²) >= 11 is 1.30. The maximum Gasteiger partial charge on any atom is 0.282 e. The molecular formula is C13H13N3O4S. The van der Waals surface area contributed by atoms with Crippen LogP contribution in [0.15, 0.2) is 18.2 Å². The molecule has 1 aromatic heterocycles. The number of hydrogen-bond acceptors (Lipinski definition) is 6. The van der Waals surface area contributed by atoms with Crippen LogP contribution in [-0.2, 0) is 6.42 Å². The van der Waals surface area contributed by atoms with Gasteiger partial charge in [0.2, 0.25) is 0 Å². The normalized spacial score (nSPS) is 10.4. The number of aryl methyl sites for hydroxylation is 2. The quantitative estimate of drug-likeness (QED) is 0.667. The van der Waals surface area contributed by atoms with E-state index in [2.05, 4.69) is 10.3 Å². The van der Waals surface area contributed by atoms with E-state index >= 15 is 0 Å². The van der Waals surface area contributed by atoms with Crippen molar-refractivity contribution in [2.24, 2.45) is 0 Å². The summed E-state index contributed by atoms with van der Waals surface area (Å²) in [4.78, 5) is 27.6. The second kappa shape index (κ2) is 5.88. The molecule has 0 aliphatic heterocycles. The van der Waals surface area contributed by atoms with Gasteiger partial charge in [0.25, 0.3) is 11.6 Å². The zero-order valence-electron chi connectivity index (χ0n) is 11.4. The Kier molecular flexibility index (Phi) is 4.18. The lowest BCUT2D eigenvalue weighted by Crippen LogP contribution is -2.13. The highest BCUT2D eigenvalue weighted by atomic mass is 32.1. The molecule has 2 N–H and O–H groups in total. The second-order valence-corrected chi connectivity index (χ2v) is 5.49. The Morgan fingerprint density at radius 1 is 1.52 bits per heavy atom. The summed E-state index contributed by atoms with van der Waals surface area (Å²) in [6.45, 7) is 3.84. The van der Waals surface area contributed by atoms with Gasteiger partial charge in [-0.2, -0.15) is 0 Å². The van der Waals surface area contributed by atoms with Gasteiger partial charge in [-0.05, 0) is 25.5 Å². The monoisotopic (exact) mass is 307 g/mol. The number of aromatic nitrogens is 1. The molecule has 0 saturated carbocycles. The molecule has 0 aliphatic carbocycles. The minimum Gasteiger partial charge on any atom is -0.508 e. The van der Waals surface area contributed by atoms with Gasteiger partial charge in [0.05, 0.1) is 10.6 Å². The summed E-state index contributed by atoms with van der Waals surface area (Å²) in [6, 6.07) is 3.32. The third kappa shape index (κ3) is 3.16. The fourth-order valence-corrected chi connectivity index (χ4v) is 2.74. The molecule has 0 unspecified atom stereocenters. The number of nitrogens with zero attached hydrogens (tertiary/aromatic N) is 2. The van der Waals surface area contributed by atoms with Crippen LogP contribution in [0.5, 0.6) is 5.75 Å². The van der Waals surface area contributed by atoms with Gasteiger partial charge in [0.1, 0.15) is 11.3 Å². The first-order chi connectivity index (χ1) is 9.92. The maximum absolute atomic E-state index is 12.1. The summed E-state index contributed by atoms with van der Waals surface area (Å²) in [6.07, 6.45) is 0.741. The number of nitro benzene ring substituents is 1. The smallest absolute Gasteiger partial charge is 0.282 e. The van der Waals surface area contributed by atoms with E-state index in [1.54, 1.807) is 0 Å². The minimum atomic E-state index is -0.672. The Labute approximate surface area is 124 Å². The van der Waals surface area contributed by atoms with Crippen molar-refractivity contribution < 1.29 is 14.8 Å². The van der Waals surface area contributed by atoms with E-state index in [1.807, 2.05) is 13.8 Å². The van der Waals surface area contributed by atoms with Crippen LogP contribution in [0.2, 0.25) is 0 Å². The topological polar surface area (TPSA) is 105 Å². The number of carbonyl (C=O) groups is 1. The minimum absolute atomic E-state index is 0.203. The summed E-state index contributed by atoms with van der Waals surface area (Å²) in [5.74, 6) is -0.885. The van der Waals surface area contributed by atoms with Gasteiger partial charge in [-0.3, -0.25) is 20.2 Å². The number of nitrogens with one attached hydrogen (secondary N) is 1. The molecule has 21 heavy (non-hydrogen) atoms. The maximum atomic E-state index is 12.1. The molecular weight excluding hydrogens is 294 g/mol. The van der Waals surface area contributed by atoms with Crippen LogP contribution in [0, 0.1) is 17.0 Å². The molecule has 1 amide bonds. The third-order valence-electron chi connectivity index (χ3n) is 2.87. The van der Waals surface area contributed by atoms with E-state index in [0.717, 1.165) is 35.2 Å². The van der Waals surface area contributed by atoms with Gasteiger partial charge < -0.3 is 5.11 Å². The average Bonchev–Trinajstić information content (AvgIpc) is 2.78. The third-order valence-corrected chi connectivity index (χ3v) is 3.80. The van der Waals surface area contributed by atoms with Crippen molar-refractivity contribution >= 4 is 28.1 Å². The van der Waals surface area contributed by atoms with Crippen molar-refractivity contribution in [3.05, 3.63) is 44.4 Å². The molecule has 1 heterocycles. The van der Waals surface area contributed by atoms with Crippen LogP contribution in [0.25, 0.3) is 0 Å². The first-order valence-corrected chi connectivity index (χ1v) is 6.99. The number of carbonyl (C=O) groups excluding carboxylic acids is 1. The van der Waals surface area contributed by atoms with E-state index in [1.165, 1.54) is 11.3 Å². The molecule has 110 valence electrons. The van der Waals surface area contributed by atoms with Crippen molar-refractivity contribution in [1.29, 1.82) is 0 Å². The molecule has 0 bridgehead atoms. The Hall–Kier alpha value is -2.48. The summed E-state index contributed by atoms with van der Waals surface area (Å²) in [5.41, 5.74) is 0.306. The number of aromatic hydroxyl groups is 1. The van der Waals surface area contributed by atoms with Crippen LogP contribution in [0.3, 0.4) is 0 Å². The fourth-order valence-electron chi connectivity index (χ4n) is 1.84. The molecule has 0 spiro atoms. The van der Waals surface area contributed by atoms with E-state index in [9.17, 15) is 20.0 Å². The number of phenols is 1. The van der Waals surface area contributed by atoms with Crippen molar-refractivity contribution in [3.8, 4) is 5.75 Å². The highest BCUT2D eigenvalue weighted by Crippen LogP contribution is 2.26. The molecule has 2 rings (SSSR count). The number of anilines is 1. The molecule has 2 aromatic rings. The lowest BCUT2D eigenvalue weighted by Gasteiger charge is -2.03.